The average molecular weight is 425 g/mol. The molecule has 0 N–H and O–H groups in total. The summed E-state index contributed by atoms with van der Waals surface area (Å²) in [6.07, 6.45) is 0. The van der Waals surface area contributed by atoms with Gasteiger partial charge < -0.3 is 9.80 Å². The van der Waals surface area contributed by atoms with E-state index < -0.39 is 0 Å². The molecule has 0 aromatic heterocycles. The molecule has 6 heteroatoms. The molecule has 0 unspecified atom stereocenters. The van der Waals surface area contributed by atoms with E-state index in [9.17, 15) is 9.59 Å². The Hall–Kier alpha value is -1.14. The van der Waals surface area contributed by atoms with Crippen molar-refractivity contribution in [3.05, 3.63) is 22.8 Å². The number of amides is 2. The van der Waals surface area contributed by atoms with E-state index in [0.29, 0.717) is 26.2 Å². The van der Waals surface area contributed by atoms with Gasteiger partial charge in [0.2, 0.25) is 0 Å². The smallest absolute Gasteiger partial charge is 0.286 e. The van der Waals surface area contributed by atoms with Gasteiger partial charge in [0.05, 0.1) is 0 Å². The van der Waals surface area contributed by atoms with Crippen LogP contribution in [0.1, 0.15) is 65.2 Å². The van der Waals surface area contributed by atoms with Crippen LogP contribution in [-0.2, 0) is 5.41 Å². The molecule has 0 radical (unpaired) electrons. The van der Waals surface area contributed by atoms with E-state index in [1.54, 1.807) is 0 Å². The molecule has 0 aliphatic rings. The quantitative estimate of drug-likeness (QED) is 0.476. The topological polar surface area (TPSA) is 40.6 Å². The maximum absolute atomic E-state index is 12.9. The summed E-state index contributed by atoms with van der Waals surface area (Å²) in [5, 5.41) is 0.0730. The summed E-state index contributed by atoms with van der Waals surface area (Å²) < 4.78 is 0. The second-order valence-electron chi connectivity index (χ2n) is 7.85. The number of nitrogens with zero attached hydrogens (tertiary/aromatic N) is 2. The minimum absolute atomic E-state index is 0.0333. The highest BCUT2D eigenvalue weighted by atomic mass is 32.2. The number of thioether (sulfide) groups is 2. The standard InChI is InChI=1S/C22H36N2O2S2/c1-10-23(11-2)20(25)27-18-15(5)14-17(22(7,8)9)16(6)19(18)28-21(26)24(12-3)13-4/h14H,10-13H2,1-9H3. The fraction of sp³-hybridized carbons (Fsp3) is 0.636. The maximum Gasteiger partial charge on any atom is 0.286 e. The summed E-state index contributed by atoms with van der Waals surface area (Å²) in [7, 11) is 0. The molecule has 0 fully saturated rings. The van der Waals surface area contributed by atoms with E-state index >= 15 is 0 Å². The number of hydrogen-bond acceptors (Lipinski definition) is 4. The maximum atomic E-state index is 12.9. The fourth-order valence-electron chi connectivity index (χ4n) is 3.16. The van der Waals surface area contributed by atoms with Gasteiger partial charge in [-0.3, -0.25) is 9.59 Å². The van der Waals surface area contributed by atoms with E-state index in [-0.39, 0.29) is 15.9 Å². The Balaban J connectivity index is 3.50. The molecule has 1 aromatic carbocycles. The van der Waals surface area contributed by atoms with E-state index in [1.165, 1.54) is 29.1 Å². The first kappa shape index (κ1) is 24.9. The minimum Gasteiger partial charge on any atom is -0.334 e. The predicted octanol–water partition coefficient (Wildman–Crippen LogP) is 6.71. The average Bonchev–Trinajstić information content (AvgIpc) is 2.61. The van der Waals surface area contributed by atoms with Gasteiger partial charge in [0.15, 0.2) is 0 Å². The molecule has 0 saturated carbocycles. The Kier molecular flexibility index (Phi) is 9.41. The highest BCUT2D eigenvalue weighted by Crippen LogP contribution is 2.42. The number of carbonyl (C=O) groups is 2. The molecule has 1 rings (SSSR count). The lowest BCUT2D eigenvalue weighted by Crippen LogP contribution is -2.28. The minimum atomic E-state index is -0.0333. The predicted molar refractivity (Wildman–Crippen MR) is 123 cm³/mol. The van der Waals surface area contributed by atoms with Gasteiger partial charge >= 0.3 is 0 Å². The van der Waals surface area contributed by atoms with Gasteiger partial charge in [0.1, 0.15) is 0 Å². The van der Waals surface area contributed by atoms with Crippen molar-refractivity contribution in [2.45, 2.75) is 77.5 Å². The Bertz CT molecular complexity index is 703. The van der Waals surface area contributed by atoms with Crippen molar-refractivity contribution in [1.29, 1.82) is 0 Å². The van der Waals surface area contributed by atoms with Gasteiger partial charge in [-0.25, -0.2) is 0 Å². The Morgan fingerprint density at radius 2 is 1.21 bits per heavy atom. The zero-order valence-electron chi connectivity index (χ0n) is 18.9. The first-order chi connectivity index (χ1) is 13.0. The molecule has 0 aliphatic heterocycles. The third-order valence-corrected chi connectivity index (χ3v) is 7.34. The molecule has 158 valence electrons. The van der Waals surface area contributed by atoms with Gasteiger partial charge in [-0.05, 0) is 87.2 Å². The number of benzene rings is 1. The fourth-order valence-corrected chi connectivity index (χ4v) is 5.51. The van der Waals surface area contributed by atoms with Crippen molar-refractivity contribution < 1.29 is 9.59 Å². The van der Waals surface area contributed by atoms with Gasteiger partial charge in [0.25, 0.3) is 10.5 Å². The highest BCUT2D eigenvalue weighted by Gasteiger charge is 2.26. The van der Waals surface area contributed by atoms with Crippen molar-refractivity contribution in [1.82, 2.24) is 9.80 Å². The lowest BCUT2D eigenvalue weighted by Gasteiger charge is -2.27. The number of carbonyl (C=O) groups excluding carboxylic acids is 2. The molecule has 28 heavy (non-hydrogen) atoms. The van der Waals surface area contributed by atoms with Crippen molar-refractivity contribution >= 4 is 34.0 Å². The number of aryl methyl sites for hydroxylation is 1. The van der Waals surface area contributed by atoms with Crippen LogP contribution in [0, 0.1) is 13.8 Å². The van der Waals surface area contributed by atoms with Crippen LogP contribution in [-0.4, -0.2) is 46.5 Å². The summed E-state index contributed by atoms with van der Waals surface area (Å²) in [6.45, 7) is 21.3. The second kappa shape index (κ2) is 10.6. The normalized spacial score (nSPS) is 11.5. The van der Waals surface area contributed by atoms with E-state index in [0.717, 1.165) is 20.9 Å². The van der Waals surface area contributed by atoms with Crippen LogP contribution in [0.5, 0.6) is 0 Å². The van der Waals surface area contributed by atoms with Crippen LogP contribution in [0.2, 0.25) is 0 Å². The lowest BCUT2D eigenvalue weighted by atomic mass is 9.83. The second-order valence-corrected chi connectivity index (χ2v) is 9.78. The van der Waals surface area contributed by atoms with Gasteiger partial charge in [-0.2, -0.15) is 0 Å². The van der Waals surface area contributed by atoms with Crippen LogP contribution in [0.25, 0.3) is 0 Å². The Labute approximate surface area is 179 Å². The molecular formula is C22H36N2O2S2. The zero-order chi connectivity index (χ0) is 21.6. The largest absolute Gasteiger partial charge is 0.334 e. The molecule has 2 amide bonds. The third kappa shape index (κ3) is 5.93. The molecule has 0 aliphatic carbocycles. The number of hydrogen-bond donors (Lipinski definition) is 0. The first-order valence-electron chi connectivity index (χ1n) is 10.1. The summed E-state index contributed by atoms with van der Waals surface area (Å²) in [6, 6.07) is 2.18. The van der Waals surface area contributed by atoms with Crippen molar-refractivity contribution in [2.24, 2.45) is 0 Å². The SMILES string of the molecule is CCN(CC)C(=O)Sc1c(C)cc(C(C)(C)C)c(C)c1SC(=O)N(CC)CC. The van der Waals surface area contributed by atoms with Crippen LogP contribution < -0.4 is 0 Å². The first-order valence-corrected chi connectivity index (χ1v) is 11.7. The molecule has 1 aromatic rings. The van der Waals surface area contributed by atoms with Crippen molar-refractivity contribution in [3.8, 4) is 0 Å². The zero-order valence-corrected chi connectivity index (χ0v) is 20.6. The van der Waals surface area contributed by atoms with Crippen LogP contribution in [0.4, 0.5) is 9.59 Å². The molecule has 4 nitrogen and oxygen atoms in total. The molecule has 0 bridgehead atoms. The number of rotatable bonds is 6. The van der Waals surface area contributed by atoms with Crippen molar-refractivity contribution in [2.75, 3.05) is 26.2 Å². The summed E-state index contributed by atoms with van der Waals surface area (Å²) in [4.78, 5) is 31.1. The Morgan fingerprint density at radius 1 is 0.821 bits per heavy atom. The Morgan fingerprint density at radius 3 is 1.57 bits per heavy atom. The lowest BCUT2D eigenvalue weighted by molar-refractivity contribution is 0.227. The van der Waals surface area contributed by atoms with Gasteiger partial charge in [0, 0.05) is 36.0 Å². The molecule has 0 atom stereocenters. The van der Waals surface area contributed by atoms with Gasteiger partial charge in [-0.15, -0.1) is 0 Å². The molecular weight excluding hydrogens is 388 g/mol. The highest BCUT2D eigenvalue weighted by molar-refractivity contribution is 8.16. The molecule has 0 spiro atoms. The monoisotopic (exact) mass is 424 g/mol. The van der Waals surface area contributed by atoms with Crippen LogP contribution >= 0.6 is 23.5 Å². The van der Waals surface area contributed by atoms with E-state index in [1.807, 2.05) is 44.4 Å². The summed E-state index contributed by atoms with van der Waals surface area (Å²) >= 11 is 2.51. The molecule has 0 heterocycles. The third-order valence-electron chi connectivity index (χ3n) is 4.90. The van der Waals surface area contributed by atoms with Crippen molar-refractivity contribution in [3.63, 3.8) is 0 Å². The van der Waals surface area contributed by atoms with E-state index in [2.05, 4.69) is 33.8 Å². The van der Waals surface area contributed by atoms with Crippen LogP contribution in [0.15, 0.2) is 15.9 Å². The summed E-state index contributed by atoms with van der Waals surface area (Å²) in [5.41, 5.74) is 3.34. The van der Waals surface area contributed by atoms with Gasteiger partial charge in [-0.1, -0.05) is 26.8 Å². The van der Waals surface area contributed by atoms with E-state index in [4.69, 9.17) is 0 Å². The van der Waals surface area contributed by atoms with Crippen LogP contribution in [0.3, 0.4) is 0 Å². The summed E-state index contributed by atoms with van der Waals surface area (Å²) in [5.74, 6) is 0. The molecule has 0 saturated heterocycles.